The number of anilines is 2. The van der Waals surface area contributed by atoms with Crippen molar-refractivity contribution in [2.75, 3.05) is 17.7 Å². The van der Waals surface area contributed by atoms with Gasteiger partial charge in [-0.1, -0.05) is 12.1 Å². The summed E-state index contributed by atoms with van der Waals surface area (Å²) in [7, 11) is 1.58. The van der Waals surface area contributed by atoms with Gasteiger partial charge in [0.05, 0.1) is 20.0 Å². The Bertz CT molecular complexity index is 769. The molecular formula is C19H20N2O4. The predicted molar refractivity (Wildman–Crippen MR) is 95.7 cm³/mol. The van der Waals surface area contributed by atoms with Gasteiger partial charge >= 0.3 is 0 Å². The third-order valence-corrected chi connectivity index (χ3v) is 3.36. The Labute approximate surface area is 146 Å². The number of carbonyl (C=O) groups is 3. The molecule has 0 aliphatic rings. The maximum absolute atomic E-state index is 12.1. The Morgan fingerprint density at radius 3 is 2.08 bits per heavy atom. The Balaban J connectivity index is 1.90. The maximum atomic E-state index is 12.1. The molecule has 25 heavy (non-hydrogen) atoms. The van der Waals surface area contributed by atoms with Crippen molar-refractivity contribution < 1.29 is 19.1 Å². The van der Waals surface area contributed by atoms with E-state index in [1.165, 1.54) is 6.92 Å². The van der Waals surface area contributed by atoms with Crippen LogP contribution in [0, 0.1) is 0 Å². The number of nitrogens with one attached hydrogen (secondary N) is 2. The number of benzene rings is 2. The van der Waals surface area contributed by atoms with Crippen LogP contribution in [-0.2, 0) is 20.8 Å². The van der Waals surface area contributed by atoms with E-state index in [9.17, 15) is 14.4 Å². The zero-order valence-corrected chi connectivity index (χ0v) is 14.2. The molecule has 0 unspecified atom stereocenters. The molecule has 6 nitrogen and oxygen atoms in total. The molecule has 0 saturated carbocycles. The summed E-state index contributed by atoms with van der Waals surface area (Å²) in [6, 6.07) is 14.0. The lowest BCUT2D eigenvalue weighted by molar-refractivity contribution is -0.124. The van der Waals surface area contributed by atoms with Crippen LogP contribution in [0.3, 0.4) is 0 Å². The van der Waals surface area contributed by atoms with Gasteiger partial charge in [0.2, 0.25) is 11.8 Å². The number of ketones is 1. The molecule has 0 aliphatic heterocycles. The zero-order valence-electron chi connectivity index (χ0n) is 14.2. The number of amides is 2. The monoisotopic (exact) mass is 340 g/mol. The minimum atomic E-state index is -0.359. The lowest BCUT2D eigenvalue weighted by Crippen LogP contribution is -2.15. The fourth-order valence-corrected chi connectivity index (χ4v) is 2.24. The van der Waals surface area contributed by atoms with E-state index in [0.29, 0.717) is 17.1 Å². The summed E-state index contributed by atoms with van der Waals surface area (Å²) < 4.78 is 5.14. The van der Waals surface area contributed by atoms with Crippen LogP contribution in [0.25, 0.3) is 0 Å². The van der Waals surface area contributed by atoms with Gasteiger partial charge in [0.15, 0.2) is 0 Å². The van der Waals surface area contributed by atoms with E-state index in [-0.39, 0.29) is 30.4 Å². The highest BCUT2D eigenvalue weighted by Gasteiger charge is 2.07. The summed E-state index contributed by atoms with van der Waals surface area (Å²) in [5.74, 6) is -0.00110. The molecule has 0 atom stereocenters. The van der Waals surface area contributed by atoms with Crippen molar-refractivity contribution >= 4 is 29.0 Å². The molecule has 0 radical (unpaired) electrons. The molecule has 2 aromatic carbocycles. The second kappa shape index (κ2) is 8.63. The highest BCUT2D eigenvalue weighted by Crippen LogP contribution is 2.16. The van der Waals surface area contributed by atoms with Crippen molar-refractivity contribution in [3.8, 4) is 5.75 Å². The van der Waals surface area contributed by atoms with Crippen LogP contribution in [0.15, 0.2) is 48.5 Å². The van der Waals surface area contributed by atoms with E-state index in [1.54, 1.807) is 31.4 Å². The summed E-state index contributed by atoms with van der Waals surface area (Å²) in [4.78, 5) is 34.5. The van der Waals surface area contributed by atoms with Crippen LogP contribution in [0.1, 0.15) is 18.9 Å². The SMILES string of the molecule is COc1cccc(CC(=O)Nc2ccc(NC(=O)CC(C)=O)cc2)c1. The van der Waals surface area contributed by atoms with Crippen molar-refractivity contribution in [1.29, 1.82) is 0 Å². The van der Waals surface area contributed by atoms with Gasteiger partial charge in [-0.05, 0) is 48.9 Å². The Hall–Kier alpha value is -3.15. The van der Waals surface area contributed by atoms with Crippen molar-refractivity contribution in [3.05, 3.63) is 54.1 Å². The number of hydrogen-bond acceptors (Lipinski definition) is 4. The first-order valence-corrected chi connectivity index (χ1v) is 7.78. The van der Waals surface area contributed by atoms with Crippen molar-refractivity contribution in [2.24, 2.45) is 0 Å². The van der Waals surface area contributed by atoms with Gasteiger partial charge in [0, 0.05) is 11.4 Å². The number of carbonyl (C=O) groups excluding carboxylic acids is 3. The largest absolute Gasteiger partial charge is 0.497 e. The van der Waals surface area contributed by atoms with Gasteiger partial charge in [-0.2, -0.15) is 0 Å². The summed E-state index contributed by atoms with van der Waals surface area (Å²) in [5, 5.41) is 5.41. The predicted octanol–water partition coefficient (Wildman–Crippen LogP) is 2.79. The van der Waals surface area contributed by atoms with E-state index in [2.05, 4.69) is 10.6 Å². The first-order chi connectivity index (χ1) is 12.0. The van der Waals surface area contributed by atoms with Crippen LogP contribution in [0.2, 0.25) is 0 Å². The lowest BCUT2D eigenvalue weighted by atomic mass is 10.1. The second-order valence-corrected chi connectivity index (χ2v) is 5.58. The molecule has 0 saturated heterocycles. The number of methoxy groups -OCH3 is 1. The first-order valence-electron chi connectivity index (χ1n) is 7.78. The number of Topliss-reactive ketones (excluding diaryl/α,β-unsaturated/α-hetero) is 1. The average Bonchev–Trinajstić information content (AvgIpc) is 2.56. The average molecular weight is 340 g/mol. The molecule has 0 aliphatic carbocycles. The van der Waals surface area contributed by atoms with E-state index >= 15 is 0 Å². The smallest absolute Gasteiger partial charge is 0.231 e. The Morgan fingerprint density at radius 2 is 1.52 bits per heavy atom. The van der Waals surface area contributed by atoms with Crippen molar-refractivity contribution in [2.45, 2.75) is 19.8 Å². The van der Waals surface area contributed by atoms with Crippen LogP contribution in [0.4, 0.5) is 11.4 Å². The highest BCUT2D eigenvalue weighted by molar-refractivity contribution is 6.03. The molecular weight excluding hydrogens is 320 g/mol. The number of rotatable bonds is 7. The van der Waals surface area contributed by atoms with Crippen molar-refractivity contribution in [1.82, 2.24) is 0 Å². The maximum Gasteiger partial charge on any atom is 0.231 e. The van der Waals surface area contributed by atoms with Crippen molar-refractivity contribution in [3.63, 3.8) is 0 Å². The Morgan fingerprint density at radius 1 is 0.920 bits per heavy atom. The molecule has 2 N–H and O–H groups in total. The van der Waals surface area contributed by atoms with E-state index < -0.39 is 0 Å². The quantitative estimate of drug-likeness (QED) is 0.759. The van der Waals surface area contributed by atoms with Crippen LogP contribution >= 0.6 is 0 Å². The molecule has 130 valence electrons. The summed E-state index contributed by atoms with van der Waals surface area (Å²) in [6.07, 6.45) is 0.0767. The van der Waals surface area contributed by atoms with Gasteiger partial charge in [-0.3, -0.25) is 14.4 Å². The summed E-state index contributed by atoms with van der Waals surface area (Å²) >= 11 is 0. The molecule has 6 heteroatoms. The molecule has 0 bridgehead atoms. The minimum Gasteiger partial charge on any atom is -0.497 e. The van der Waals surface area contributed by atoms with E-state index in [0.717, 1.165) is 5.56 Å². The molecule has 2 aromatic rings. The first kappa shape index (κ1) is 18.2. The fraction of sp³-hybridized carbons (Fsp3) is 0.211. The third kappa shape index (κ3) is 6.10. The van der Waals surface area contributed by atoms with Gasteiger partial charge < -0.3 is 15.4 Å². The third-order valence-electron chi connectivity index (χ3n) is 3.36. The summed E-state index contributed by atoms with van der Waals surface area (Å²) in [6.45, 7) is 1.36. The standard InChI is InChI=1S/C19H20N2O4/c1-13(22)10-18(23)20-15-6-8-16(9-7-15)21-19(24)12-14-4-3-5-17(11-14)25-2/h3-9,11H,10,12H2,1-2H3,(H,20,23)(H,21,24). The lowest BCUT2D eigenvalue weighted by Gasteiger charge is -2.08. The van der Waals surface area contributed by atoms with Gasteiger partial charge in [-0.15, -0.1) is 0 Å². The molecule has 0 spiro atoms. The highest BCUT2D eigenvalue weighted by atomic mass is 16.5. The summed E-state index contributed by atoms with van der Waals surface area (Å²) in [5.41, 5.74) is 2.04. The van der Waals surface area contributed by atoms with Gasteiger partial charge in [0.25, 0.3) is 0 Å². The molecule has 2 amide bonds. The topological polar surface area (TPSA) is 84.5 Å². The fourth-order valence-electron chi connectivity index (χ4n) is 2.24. The number of hydrogen-bond donors (Lipinski definition) is 2. The normalized spacial score (nSPS) is 10.0. The minimum absolute atomic E-state index is 0.151. The van der Waals surface area contributed by atoms with E-state index in [1.807, 2.05) is 24.3 Å². The number of ether oxygens (including phenoxy) is 1. The molecule has 0 heterocycles. The van der Waals surface area contributed by atoms with Gasteiger partial charge in [0.1, 0.15) is 11.5 Å². The van der Waals surface area contributed by atoms with Crippen LogP contribution < -0.4 is 15.4 Å². The Kier molecular flexibility index (Phi) is 6.28. The molecule has 0 aromatic heterocycles. The molecule has 2 rings (SSSR count). The van der Waals surface area contributed by atoms with Crippen LogP contribution in [0.5, 0.6) is 5.75 Å². The van der Waals surface area contributed by atoms with Crippen LogP contribution in [-0.4, -0.2) is 24.7 Å². The van der Waals surface area contributed by atoms with Gasteiger partial charge in [-0.25, -0.2) is 0 Å². The molecule has 0 fully saturated rings. The zero-order chi connectivity index (χ0) is 18.2. The van der Waals surface area contributed by atoms with E-state index in [4.69, 9.17) is 4.74 Å². The second-order valence-electron chi connectivity index (χ2n) is 5.58.